The Bertz CT molecular complexity index is 629. The van der Waals surface area contributed by atoms with E-state index >= 15 is 0 Å². The average molecular weight is 352 g/mol. The van der Waals surface area contributed by atoms with Crippen molar-refractivity contribution < 1.29 is 4.39 Å². The zero-order valence-electron chi connectivity index (χ0n) is 10.3. The van der Waals surface area contributed by atoms with Gasteiger partial charge < -0.3 is 5.32 Å². The van der Waals surface area contributed by atoms with Gasteiger partial charge in [-0.1, -0.05) is 34.1 Å². The standard InChI is InChI=1S/C14H11BrFN3S/c15-13-4-2-1-3-10(13)9-17-19-14(20)18-12-7-5-11(16)6-8-12/h1-9H,(H2,18,19,20)/b17-9+. The number of nitrogens with zero attached hydrogens (tertiary/aromatic N) is 1. The van der Waals surface area contributed by atoms with Crippen LogP contribution < -0.4 is 10.7 Å². The second-order valence-electron chi connectivity index (χ2n) is 3.85. The van der Waals surface area contributed by atoms with Gasteiger partial charge in [-0.2, -0.15) is 5.10 Å². The Balaban J connectivity index is 1.89. The van der Waals surface area contributed by atoms with Gasteiger partial charge in [-0.3, -0.25) is 5.43 Å². The molecule has 2 rings (SSSR count). The molecule has 0 bridgehead atoms. The Hall–Kier alpha value is -1.79. The van der Waals surface area contributed by atoms with E-state index in [1.807, 2.05) is 24.3 Å². The summed E-state index contributed by atoms with van der Waals surface area (Å²) in [5.41, 5.74) is 4.33. The summed E-state index contributed by atoms with van der Waals surface area (Å²) in [6.07, 6.45) is 1.66. The molecule has 3 nitrogen and oxygen atoms in total. The van der Waals surface area contributed by atoms with E-state index < -0.39 is 0 Å². The van der Waals surface area contributed by atoms with Crippen molar-refractivity contribution in [1.82, 2.24) is 5.43 Å². The van der Waals surface area contributed by atoms with Gasteiger partial charge in [-0.15, -0.1) is 0 Å². The van der Waals surface area contributed by atoms with E-state index in [0.717, 1.165) is 10.0 Å². The van der Waals surface area contributed by atoms with Crippen molar-refractivity contribution in [2.75, 3.05) is 5.32 Å². The molecule has 0 radical (unpaired) electrons. The number of hydrogen-bond acceptors (Lipinski definition) is 2. The molecule has 102 valence electrons. The van der Waals surface area contributed by atoms with Crippen molar-refractivity contribution in [2.45, 2.75) is 0 Å². The SMILES string of the molecule is Fc1ccc(NC(=S)N/N=C/c2ccccc2Br)cc1. The fourth-order valence-electron chi connectivity index (χ4n) is 1.43. The van der Waals surface area contributed by atoms with Gasteiger partial charge >= 0.3 is 0 Å². The molecular formula is C14H11BrFN3S. The fourth-order valence-corrected chi connectivity index (χ4v) is 1.99. The molecule has 2 aromatic carbocycles. The number of hydrogen-bond donors (Lipinski definition) is 2. The molecule has 0 fully saturated rings. The van der Waals surface area contributed by atoms with Gasteiger partial charge in [0.2, 0.25) is 0 Å². The highest BCUT2D eigenvalue weighted by atomic mass is 79.9. The number of anilines is 1. The second-order valence-corrected chi connectivity index (χ2v) is 5.12. The maximum absolute atomic E-state index is 12.7. The molecule has 0 aliphatic heterocycles. The molecule has 0 atom stereocenters. The van der Waals surface area contributed by atoms with Crippen LogP contribution in [0, 0.1) is 5.82 Å². The Morgan fingerprint density at radius 2 is 1.85 bits per heavy atom. The lowest BCUT2D eigenvalue weighted by molar-refractivity contribution is 0.628. The number of rotatable bonds is 3. The number of hydrazone groups is 1. The van der Waals surface area contributed by atoms with Gasteiger partial charge in [0.25, 0.3) is 0 Å². The second kappa shape index (κ2) is 7.12. The summed E-state index contributed by atoms with van der Waals surface area (Å²) in [7, 11) is 0. The van der Waals surface area contributed by atoms with Crippen LogP contribution in [0.2, 0.25) is 0 Å². The maximum atomic E-state index is 12.7. The van der Waals surface area contributed by atoms with E-state index in [9.17, 15) is 4.39 Å². The van der Waals surface area contributed by atoms with Crippen LogP contribution in [0.1, 0.15) is 5.56 Å². The Morgan fingerprint density at radius 3 is 2.55 bits per heavy atom. The molecule has 0 heterocycles. The number of nitrogens with one attached hydrogen (secondary N) is 2. The van der Waals surface area contributed by atoms with Crippen LogP contribution in [0.3, 0.4) is 0 Å². The Morgan fingerprint density at radius 1 is 1.15 bits per heavy atom. The van der Waals surface area contributed by atoms with Crippen molar-refractivity contribution in [1.29, 1.82) is 0 Å². The molecule has 0 unspecified atom stereocenters. The van der Waals surface area contributed by atoms with Gasteiger partial charge in [-0.05, 0) is 42.5 Å². The molecule has 0 saturated heterocycles. The highest BCUT2D eigenvalue weighted by Crippen LogP contribution is 2.13. The topological polar surface area (TPSA) is 36.4 Å². The molecule has 2 N–H and O–H groups in total. The predicted octanol–water partition coefficient (Wildman–Crippen LogP) is 3.91. The summed E-state index contributed by atoms with van der Waals surface area (Å²) in [6.45, 7) is 0. The van der Waals surface area contributed by atoms with E-state index in [4.69, 9.17) is 12.2 Å². The lowest BCUT2D eigenvalue weighted by atomic mass is 10.2. The first-order valence-corrected chi connectivity index (χ1v) is 6.95. The van der Waals surface area contributed by atoms with E-state index in [0.29, 0.717) is 10.8 Å². The fraction of sp³-hybridized carbons (Fsp3) is 0. The van der Waals surface area contributed by atoms with Crippen LogP contribution in [-0.2, 0) is 0 Å². The quantitative estimate of drug-likeness (QED) is 0.500. The lowest BCUT2D eigenvalue weighted by Crippen LogP contribution is -2.23. The number of halogens is 2. The molecule has 0 spiro atoms. The monoisotopic (exact) mass is 351 g/mol. The van der Waals surface area contributed by atoms with Crippen molar-refractivity contribution >= 4 is 45.2 Å². The smallest absolute Gasteiger partial charge is 0.191 e. The molecule has 6 heteroatoms. The van der Waals surface area contributed by atoms with Crippen LogP contribution >= 0.6 is 28.1 Å². The number of thiocarbonyl (C=S) groups is 1. The summed E-state index contributed by atoms with van der Waals surface area (Å²) in [4.78, 5) is 0. The minimum atomic E-state index is -0.290. The van der Waals surface area contributed by atoms with Gasteiger partial charge in [0, 0.05) is 15.7 Å². The zero-order chi connectivity index (χ0) is 14.4. The summed E-state index contributed by atoms with van der Waals surface area (Å²) >= 11 is 8.50. The molecule has 0 aromatic heterocycles. The van der Waals surface area contributed by atoms with Crippen molar-refractivity contribution in [3.63, 3.8) is 0 Å². The minimum absolute atomic E-state index is 0.290. The van der Waals surface area contributed by atoms with Crippen molar-refractivity contribution in [2.24, 2.45) is 5.10 Å². The van der Waals surface area contributed by atoms with E-state index in [1.54, 1.807) is 18.3 Å². The largest absolute Gasteiger partial charge is 0.331 e. The minimum Gasteiger partial charge on any atom is -0.331 e. The van der Waals surface area contributed by atoms with Gasteiger partial charge in [0.05, 0.1) is 6.21 Å². The summed E-state index contributed by atoms with van der Waals surface area (Å²) in [5.74, 6) is -0.290. The van der Waals surface area contributed by atoms with Gasteiger partial charge in [0.1, 0.15) is 5.82 Å². The molecule has 20 heavy (non-hydrogen) atoms. The average Bonchev–Trinajstić information content (AvgIpc) is 2.43. The predicted molar refractivity (Wildman–Crippen MR) is 87.5 cm³/mol. The zero-order valence-corrected chi connectivity index (χ0v) is 12.7. The van der Waals surface area contributed by atoms with Crippen molar-refractivity contribution in [3.05, 3.63) is 64.4 Å². The maximum Gasteiger partial charge on any atom is 0.191 e. The summed E-state index contributed by atoms with van der Waals surface area (Å²) < 4.78 is 13.7. The van der Waals surface area contributed by atoms with Gasteiger partial charge in [-0.25, -0.2) is 4.39 Å². The van der Waals surface area contributed by atoms with Crippen LogP contribution in [0.25, 0.3) is 0 Å². The molecule has 0 saturated carbocycles. The summed E-state index contributed by atoms with van der Waals surface area (Å²) in [6, 6.07) is 13.6. The highest BCUT2D eigenvalue weighted by molar-refractivity contribution is 9.10. The first-order valence-electron chi connectivity index (χ1n) is 5.75. The molecule has 0 aliphatic carbocycles. The highest BCUT2D eigenvalue weighted by Gasteiger charge is 1.97. The third kappa shape index (κ3) is 4.40. The Labute approximate surface area is 130 Å². The Kier molecular flexibility index (Phi) is 5.20. The van der Waals surface area contributed by atoms with Crippen LogP contribution in [0.5, 0.6) is 0 Å². The summed E-state index contributed by atoms with van der Waals surface area (Å²) in [5, 5.41) is 7.26. The number of benzene rings is 2. The molecular weight excluding hydrogens is 341 g/mol. The van der Waals surface area contributed by atoms with E-state index in [-0.39, 0.29) is 5.82 Å². The molecule has 0 aliphatic rings. The van der Waals surface area contributed by atoms with Gasteiger partial charge in [0.15, 0.2) is 5.11 Å². The first-order chi connectivity index (χ1) is 9.65. The third-order valence-electron chi connectivity index (χ3n) is 2.38. The van der Waals surface area contributed by atoms with Crippen LogP contribution in [0.4, 0.5) is 10.1 Å². The first kappa shape index (κ1) is 14.6. The van der Waals surface area contributed by atoms with Crippen LogP contribution in [0.15, 0.2) is 58.1 Å². The van der Waals surface area contributed by atoms with Crippen LogP contribution in [-0.4, -0.2) is 11.3 Å². The molecule has 2 aromatic rings. The van der Waals surface area contributed by atoms with E-state index in [2.05, 4.69) is 31.8 Å². The van der Waals surface area contributed by atoms with Crippen molar-refractivity contribution in [3.8, 4) is 0 Å². The third-order valence-corrected chi connectivity index (χ3v) is 3.29. The van der Waals surface area contributed by atoms with E-state index in [1.165, 1.54) is 12.1 Å². The molecule has 0 amide bonds. The normalized spacial score (nSPS) is 10.5. The lowest BCUT2D eigenvalue weighted by Gasteiger charge is -2.06.